The Morgan fingerprint density at radius 3 is 1.94 bits per heavy atom. The highest BCUT2D eigenvalue weighted by Gasteiger charge is 2.58. The molecular weight excluding hydrogens is 438 g/mol. The number of esters is 1. The second-order valence-electron chi connectivity index (χ2n) is 8.61. The lowest BCUT2D eigenvalue weighted by atomic mass is 9.97. The summed E-state index contributed by atoms with van der Waals surface area (Å²) >= 11 is 0. The molecule has 1 fully saturated rings. The highest BCUT2D eigenvalue weighted by Crippen LogP contribution is 2.53. The van der Waals surface area contributed by atoms with E-state index in [-0.39, 0.29) is 24.1 Å². The van der Waals surface area contributed by atoms with Crippen LogP contribution in [0.3, 0.4) is 0 Å². The third-order valence-electron chi connectivity index (χ3n) is 6.68. The molecule has 178 valence electrons. The lowest BCUT2D eigenvalue weighted by Gasteiger charge is -2.22. The topological polar surface area (TPSA) is 47.8 Å². The lowest BCUT2D eigenvalue weighted by molar-refractivity contribution is -0.143. The average molecular weight is 468 g/mol. The molecule has 1 saturated heterocycles. The summed E-state index contributed by atoms with van der Waals surface area (Å²) in [4.78, 5) is 15.5. The number of rotatable bonds is 8. The maximum atomic E-state index is 13.2. The Balaban J connectivity index is 1.63. The van der Waals surface area contributed by atoms with Crippen LogP contribution >= 0.6 is 0 Å². The molecule has 3 atom stereocenters. The van der Waals surface area contributed by atoms with Crippen molar-refractivity contribution >= 4 is 16.7 Å². The minimum atomic E-state index is -0.380. The van der Waals surface area contributed by atoms with Crippen molar-refractivity contribution in [2.75, 3.05) is 20.8 Å². The first-order chi connectivity index (χ1) is 17.2. The van der Waals surface area contributed by atoms with Crippen LogP contribution in [-0.2, 0) is 9.53 Å². The van der Waals surface area contributed by atoms with Crippen LogP contribution < -0.4 is 9.47 Å². The van der Waals surface area contributed by atoms with E-state index in [1.165, 1.54) is 0 Å². The minimum Gasteiger partial charge on any atom is -0.497 e. The fourth-order valence-corrected chi connectivity index (χ4v) is 5.00. The van der Waals surface area contributed by atoms with Gasteiger partial charge in [0.15, 0.2) is 0 Å². The van der Waals surface area contributed by atoms with E-state index in [2.05, 4.69) is 59.5 Å². The average Bonchev–Trinajstić information content (AvgIpc) is 3.64. The Hall–Kier alpha value is -3.83. The third-order valence-corrected chi connectivity index (χ3v) is 6.68. The molecule has 4 aromatic rings. The zero-order valence-corrected chi connectivity index (χ0v) is 20.2. The van der Waals surface area contributed by atoms with Gasteiger partial charge in [-0.15, -0.1) is 0 Å². The quantitative estimate of drug-likeness (QED) is 0.237. The van der Waals surface area contributed by atoms with Crippen LogP contribution in [0.1, 0.15) is 35.7 Å². The van der Waals surface area contributed by atoms with E-state index in [9.17, 15) is 4.79 Å². The number of benzene rings is 4. The summed E-state index contributed by atoms with van der Waals surface area (Å²) < 4.78 is 16.3. The molecule has 5 nitrogen and oxygen atoms in total. The van der Waals surface area contributed by atoms with Gasteiger partial charge in [-0.3, -0.25) is 9.69 Å². The molecule has 0 amide bonds. The molecule has 5 heteroatoms. The zero-order valence-electron chi connectivity index (χ0n) is 20.2. The molecule has 1 unspecified atom stereocenters. The van der Waals surface area contributed by atoms with Crippen molar-refractivity contribution < 1.29 is 19.0 Å². The van der Waals surface area contributed by atoms with E-state index < -0.39 is 0 Å². The first-order valence-corrected chi connectivity index (χ1v) is 11.9. The first kappa shape index (κ1) is 22.9. The Labute approximate surface area is 205 Å². The van der Waals surface area contributed by atoms with Crippen molar-refractivity contribution in [1.82, 2.24) is 4.90 Å². The molecule has 0 radical (unpaired) electrons. The van der Waals surface area contributed by atoms with E-state index in [0.717, 1.165) is 39.0 Å². The van der Waals surface area contributed by atoms with E-state index in [1.54, 1.807) is 14.2 Å². The number of carbonyl (C=O) groups is 1. The fraction of sp³-hybridized carbons (Fsp3) is 0.233. The van der Waals surface area contributed by atoms with Crippen LogP contribution in [0.25, 0.3) is 10.8 Å². The van der Waals surface area contributed by atoms with Crippen LogP contribution in [-0.4, -0.2) is 37.7 Å². The van der Waals surface area contributed by atoms with E-state index in [4.69, 9.17) is 14.2 Å². The molecule has 5 rings (SSSR count). The van der Waals surface area contributed by atoms with E-state index in [0.29, 0.717) is 6.61 Å². The highest BCUT2D eigenvalue weighted by atomic mass is 16.5. The van der Waals surface area contributed by atoms with Crippen molar-refractivity contribution in [3.8, 4) is 11.5 Å². The molecule has 0 spiro atoms. The van der Waals surface area contributed by atoms with E-state index in [1.807, 2.05) is 43.3 Å². The van der Waals surface area contributed by atoms with Crippen LogP contribution in [0.4, 0.5) is 0 Å². The van der Waals surface area contributed by atoms with Crippen LogP contribution in [0.15, 0.2) is 91.0 Å². The summed E-state index contributed by atoms with van der Waals surface area (Å²) in [7, 11) is 3.32. The molecule has 0 aromatic heterocycles. The third kappa shape index (κ3) is 4.35. The second-order valence-corrected chi connectivity index (χ2v) is 8.61. The molecule has 0 N–H and O–H groups in total. The van der Waals surface area contributed by atoms with Gasteiger partial charge in [-0.1, -0.05) is 66.7 Å². The number of hydrogen-bond acceptors (Lipinski definition) is 5. The fourth-order valence-electron chi connectivity index (χ4n) is 5.00. The van der Waals surface area contributed by atoms with Crippen LogP contribution in [0.2, 0.25) is 0 Å². The maximum Gasteiger partial charge on any atom is 0.325 e. The van der Waals surface area contributed by atoms with Gasteiger partial charge in [-0.05, 0) is 58.7 Å². The van der Waals surface area contributed by atoms with Gasteiger partial charge < -0.3 is 14.2 Å². The van der Waals surface area contributed by atoms with Gasteiger partial charge in [0.1, 0.15) is 17.5 Å². The summed E-state index contributed by atoms with van der Waals surface area (Å²) in [6, 6.07) is 30.1. The van der Waals surface area contributed by atoms with Crippen LogP contribution in [0, 0.1) is 0 Å². The Morgan fingerprint density at radius 2 is 1.37 bits per heavy atom. The Morgan fingerprint density at radius 1 is 0.800 bits per heavy atom. The number of methoxy groups -OCH3 is 2. The Kier molecular flexibility index (Phi) is 6.43. The molecule has 0 bridgehead atoms. The monoisotopic (exact) mass is 467 g/mol. The number of nitrogens with zero attached hydrogens (tertiary/aromatic N) is 1. The summed E-state index contributed by atoms with van der Waals surface area (Å²) in [5.41, 5.74) is 3.29. The SMILES string of the molecule is CCOC(=O)[C@H]1[C@@H](c2cccc3ccccc23)N1C(c1ccc(OC)cc1)c1ccc(OC)cc1. The lowest BCUT2D eigenvalue weighted by Crippen LogP contribution is -2.20. The van der Waals surface area contributed by atoms with Crippen molar-refractivity contribution in [2.45, 2.75) is 25.0 Å². The number of carbonyl (C=O) groups excluding carboxylic acids is 1. The van der Waals surface area contributed by atoms with Crippen molar-refractivity contribution in [2.24, 2.45) is 0 Å². The van der Waals surface area contributed by atoms with Gasteiger partial charge in [0.25, 0.3) is 0 Å². The van der Waals surface area contributed by atoms with Crippen LogP contribution in [0.5, 0.6) is 11.5 Å². The largest absolute Gasteiger partial charge is 0.497 e. The molecule has 1 aliphatic rings. The second kappa shape index (κ2) is 9.80. The number of ether oxygens (including phenoxy) is 3. The molecular formula is C30H29NO4. The smallest absolute Gasteiger partial charge is 0.325 e. The summed E-state index contributed by atoms with van der Waals surface area (Å²) in [5.74, 6) is 1.39. The standard InChI is InChI=1S/C30H29NO4/c1-4-35-30(32)29-28(26-11-7-9-20-8-5-6-10-25(20)26)31(29)27(21-12-16-23(33-2)17-13-21)22-14-18-24(34-3)19-15-22/h5-19,27-29H,4H2,1-3H3/t28-,29-,31?/m1/s1. The van der Waals surface area contributed by atoms with Crippen molar-refractivity contribution in [3.63, 3.8) is 0 Å². The molecule has 1 heterocycles. The van der Waals surface area contributed by atoms with Crippen molar-refractivity contribution in [1.29, 1.82) is 0 Å². The summed E-state index contributed by atoms with van der Waals surface area (Å²) in [6.45, 7) is 2.20. The van der Waals surface area contributed by atoms with E-state index >= 15 is 0 Å². The predicted molar refractivity (Wildman–Crippen MR) is 137 cm³/mol. The molecule has 1 aliphatic heterocycles. The normalized spacial score (nSPS) is 18.9. The van der Waals surface area contributed by atoms with Gasteiger partial charge in [0, 0.05) is 0 Å². The zero-order chi connectivity index (χ0) is 24.4. The van der Waals surface area contributed by atoms with Gasteiger partial charge in [0.2, 0.25) is 0 Å². The summed E-state index contributed by atoms with van der Waals surface area (Å²) in [5, 5.41) is 2.31. The van der Waals surface area contributed by atoms with Gasteiger partial charge in [-0.2, -0.15) is 0 Å². The molecule has 0 saturated carbocycles. The van der Waals surface area contributed by atoms with Gasteiger partial charge >= 0.3 is 5.97 Å². The molecule has 4 aromatic carbocycles. The summed E-state index contributed by atoms with van der Waals surface area (Å²) in [6.07, 6.45) is 0. The number of fused-ring (bicyclic) bond motifs is 1. The minimum absolute atomic E-state index is 0.102. The van der Waals surface area contributed by atoms with Crippen molar-refractivity contribution in [3.05, 3.63) is 108 Å². The molecule has 35 heavy (non-hydrogen) atoms. The number of hydrogen-bond donors (Lipinski definition) is 0. The van der Waals surface area contributed by atoms with Gasteiger partial charge in [-0.25, -0.2) is 0 Å². The van der Waals surface area contributed by atoms with Gasteiger partial charge in [0.05, 0.1) is 32.9 Å². The molecule has 0 aliphatic carbocycles. The highest BCUT2D eigenvalue weighted by molar-refractivity contribution is 5.89. The predicted octanol–water partition coefficient (Wildman–Crippen LogP) is 5.94. The first-order valence-electron chi connectivity index (χ1n) is 11.9. The Bertz CT molecular complexity index is 1260. The maximum absolute atomic E-state index is 13.2.